The Morgan fingerprint density at radius 3 is 3.12 bits per heavy atom. The van der Waals surface area contributed by atoms with Crippen LogP contribution in [0.15, 0.2) is 36.5 Å². The van der Waals surface area contributed by atoms with Crippen LogP contribution in [0.25, 0.3) is 10.9 Å². The Morgan fingerprint density at radius 2 is 2.24 bits per heavy atom. The van der Waals surface area contributed by atoms with E-state index in [9.17, 15) is 0 Å². The molecule has 1 fully saturated rings. The van der Waals surface area contributed by atoms with Crippen LogP contribution in [0, 0.1) is 0 Å². The van der Waals surface area contributed by atoms with Crippen LogP contribution < -0.4 is 5.32 Å². The van der Waals surface area contributed by atoms with Gasteiger partial charge in [0.1, 0.15) is 0 Å². The van der Waals surface area contributed by atoms with Gasteiger partial charge < -0.3 is 10.1 Å². The number of hydrogen-bond acceptors (Lipinski definition) is 3. The van der Waals surface area contributed by atoms with Crippen LogP contribution in [0.2, 0.25) is 0 Å². The molecule has 0 bridgehead atoms. The SMILES string of the molecule is c1cnc2c(CNC3CCOC3)cccc2c1. The fraction of sp³-hybridized carbons (Fsp3) is 0.357. The third-order valence-corrected chi connectivity index (χ3v) is 3.23. The molecule has 0 aliphatic carbocycles. The number of fused-ring (bicyclic) bond motifs is 1. The summed E-state index contributed by atoms with van der Waals surface area (Å²) in [5, 5.41) is 4.73. The normalized spacial score (nSPS) is 19.9. The predicted octanol–water partition coefficient (Wildman–Crippen LogP) is 2.11. The molecule has 3 nitrogen and oxygen atoms in total. The molecule has 2 heterocycles. The summed E-state index contributed by atoms with van der Waals surface area (Å²) in [7, 11) is 0. The van der Waals surface area contributed by atoms with Crippen LogP contribution >= 0.6 is 0 Å². The quantitative estimate of drug-likeness (QED) is 0.873. The molecule has 1 aliphatic heterocycles. The van der Waals surface area contributed by atoms with Gasteiger partial charge in [0, 0.05) is 30.8 Å². The lowest BCUT2D eigenvalue weighted by Crippen LogP contribution is -2.28. The Kier molecular flexibility index (Phi) is 3.03. The summed E-state index contributed by atoms with van der Waals surface area (Å²) in [5.41, 5.74) is 2.36. The highest BCUT2D eigenvalue weighted by Gasteiger charge is 2.14. The second-order valence-corrected chi connectivity index (χ2v) is 4.43. The molecule has 1 unspecified atom stereocenters. The summed E-state index contributed by atoms with van der Waals surface area (Å²) >= 11 is 0. The molecule has 1 aliphatic rings. The Hall–Kier alpha value is -1.45. The minimum absolute atomic E-state index is 0.494. The van der Waals surface area contributed by atoms with Crippen molar-refractivity contribution in [3.05, 3.63) is 42.1 Å². The van der Waals surface area contributed by atoms with Crippen LogP contribution in [0.5, 0.6) is 0 Å². The molecule has 2 aromatic rings. The topological polar surface area (TPSA) is 34.2 Å². The van der Waals surface area contributed by atoms with E-state index in [1.54, 1.807) is 0 Å². The summed E-state index contributed by atoms with van der Waals surface area (Å²) in [6.45, 7) is 2.58. The number of hydrogen-bond donors (Lipinski definition) is 1. The first-order valence-corrected chi connectivity index (χ1v) is 6.07. The number of ether oxygens (including phenoxy) is 1. The number of para-hydroxylation sites is 1. The molecule has 0 radical (unpaired) electrons. The van der Waals surface area contributed by atoms with E-state index >= 15 is 0 Å². The summed E-state index contributed by atoms with van der Waals surface area (Å²) in [6, 6.07) is 10.9. The van der Waals surface area contributed by atoms with Gasteiger partial charge in [-0.05, 0) is 18.1 Å². The van der Waals surface area contributed by atoms with Crippen molar-refractivity contribution in [1.82, 2.24) is 10.3 Å². The van der Waals surface area contributed by atoms with Crippen LogP contribution in [0.3, 0.4) is 0 Å². The van der Waals surface area contributed by atoms with Crippen LogP contribution in [-0.4, -0.2) is 24.2 Å². The summed E-state index contributed by atoms with van der Waals surface area (Å²) in [5.74, 6) is 0. The summed E-state index contributed by atoms with van der Waals surface area (Å²) in [4.78, 5) is 4.46. The van der Waals surface area contributed by atoms with Gasteiger partial charge in [0.15, 0.2) is 0 Å². The zero-order chi connectivity index (χ0) is 11.5. The number of nitrogens with zero attached hydrogens (tertiary/aromatic N) is 1. The van der Waals surface area contributed by atoms with Crippen molar-refractivity contribution in [2.75, 3.05) is 13.2 Å². The number of rotatable bonds is 3. The van der Waals surface area contributed by atoms with E-state index in [0.717, 1.165) is 31.7 Å². The average Bonchev–Trinajstić information content (AvgIpc) is 2.89. The first-order chi connectivity index (χ1) is 8.43. The van der Waals surface area contributed by atoms with Gasteiger partial charge in [-0.3, -0.25) is 4.98 Å². The highest BCUT2D eigenvalue weighted by Crippen LogP contribution is 2.16. The predicted molar refractivity (Wildman–Crippen MR) is 67.8 cm³/mol. The first-order valence-electron chi connectivity index (χ1n) is 6.07. The van der Waals surface area contributed by atoms with E-state index < -0.39 is 0 Å². The van der Waals surface area contributed by atoms with Gasteiger partial charge >= 0.3 is 0 Å². The zero-order valence-electron chi connectivity index (χ0n) is 9.73. The van der Waals surface area contributed by atoms with Gasteiger partial charge in [0.05, 0.1) is 12.1 Å². The number of nitrogens with one attached hydrogen (secondary N) is 1. The highest BCUT2D eigenvalue weighted by atomic mass is 16.5. The zero-order valence-corrected chi connectivity index (χ0v) is 9.73. The van der Waals surface area contributed by atoms with Gasteiger partial charge in [0.2, 0.25) is 0 Å². The van der Waals surface area contributed by atoms with E-state index in [-0.39, 0.29) is 0 Å². The fourth-order valence-electron chi connectivity index (χ4n) is 2.26. The van der Waals surface area contributed by atoms with Crippen molar-refractivity contribution in [3.63, 3.8) is 0 Å². The van der Waals surface area contributed by atoms with Crippen molar-refractivity contribution >= 4 is 10.9 Å². The molecular formula is C14H16N2O. The second-order valence-electron chi connectivity index (χ2n) is 4.43. The largest absolute Gasteiger partial charge is 0.380 e. The van der Waals surface area contributed by atoms with E-state index in [1.165, 1.54) is 10.9 Å². The third-order valence-electron chi connectivity index (χ3n) is 3.23. The van der Waals surface area contributed by atoms with E-state index in [2.05, 4.69) is 34.6 Å². The number of benzene rings is 1. The molecule has 1 saturated heterocycles. The number of aromatic nitrogens is 1. The van der Waals surface area contributed by atoms with Crippen LogP contribution in [0.4, 0.5) is 0 Å². The van der Waals surface area contributed by atoms with Crippen molar-refractivity contribution in [1.29, 1.82) is 0 Å². The monoisotopic (exact) mass is 228 g/mol. The van der Waals surface area contributed by atoms with Crippen molar-refractivity contribution in [2.24, 2.45) is 0 Å². The Bertz CT molecular complexity index is 501. The maximum absolute atomic E-state index is 5.35. The Labute approximate surface area is 101 Å². The van der Waals surface area contributed by atoms with Gasteiger partial charge in [-0.1, -0.05) is 24.3 Å². The maximum atomic E-state index is 5.35. The molecular weight excluding hydrogens is 212 g/mol. The van der Waals surface area contributed by atoms with Gasteiger partial charge in [-0.15, -0.1) is 0 Å². The second kappa shape index (κ2) is 4.82. The summed E-state index contributed by atoms with van der Waals surface area (Å²) < 4.78 is 5.35. The smallest absolute Gasteiger partial charge is 0.0746 e. The molecule has 17 heavy (non-hydrogen) atoms. The van der Waals surface area contributed by atoms with Gasteiger partial charge in [-0.2, -0.15) is 0 Å². The third kappa shape index (κ3) is 2.30. The van der Waals surface area contributed by atoms with E-state index in [0.29, 0.717) is 6.04 Å². The van der Waals surface area contributed by atoms with Crippen molar-refractivity contribution < 1.29 is 4.74 Å². The minimum atomic E-state index is 0.494. The van der Waals surface area contributed by atoms with E-state index in [1.807, 2.05) is 12.3 Å². The fourth-order valence-corrected chi connectivity index (χ4v) is 2.26. The summed E-state index contributed by atoms with van der Waals surface area (Å²) in [6.07, 6.45) is 2.96. The lowest BCUT2D eigenvalue weighted by atomic mass is 10.1. The molecule has 0 spiro atoms. The van der Waals surface area contributed by atoms with Crippen LogP contribution in [-0.2, 0) is 11.3 Å². The lowest BCUT2D eigenvalue weighted by Gasteiger charge is -2.11. The Balaban J connectivity index is 1.79. The molecule has 0 amide bonds. The van der Waals surface area contributed by atoms with Crippen molar-refractivity contribution in [3.8, 4) is 0 Å². The molecule has 1 aromatic carbocycles. The lowest BCUT2D eigenvalue weighted by molar-refractivity contribution is 0.190. The molecule has 0 saturated carbocycles. The highest BCUT2D eigenvalue weighted by molar-refractivity contribution is 5.81. The van der Waals surface area contributed by atoms with E-state index in [4.69, 9.17) is 4.74 Å². The molecule has 1 aromatic heterocycles. The minimum Gasteiger partial charge on any atom is -0.380 e. The van der Waals surface area contributed by atoms with Crippen molar-refractivity contribution in [2.45, 2.75) is 19.0 Å². The van der Waals surface area contributed by atoms with Gasteiger partial charge in [-0.25, -0.2) is 0 Å². The Morgan fingerprint density at radius 1 is 1.29 bits per heavy atom. The van der Waals surface area contributed by atoms with Crippen LogP contribution in [0.1, 0.15) is 12.0 Å². The molecule has 3 heteroatoms. The molecule has 1 N–H and O–H groups in total. The average molecular weight is 228 g/mol. The first kappa shape index (κ1) is 10.7. The van der Waals surface area contributed by atoms with Gasteiger partial charge in [0.25, 0.3) is 0 Å². The number of pyridine rings is 1. The maximum Gasteiger partial charge on any atom is 0.0746 e. The standard InChI is InChI=1S/C14H16N2O/c1-3-11-5-2-7-15-14(11)12(4-1)9-16-13-6-8-17-10-13/h1-5,7,13,16H,6,8-10H2. The molecule has 1 atom stereocenters. The molecule has 88 valence electrons. The molecule has 3 rings (SSSR count).